The molecule has 1 amide bonds. The van der Waals surface area contributed by atoms with Gasteiger partial charge in [0.2, 0.25) is 0 Å². The molecular weight excluding hydrogens is 264 g/mol. The van der Waals surface area contributed by atoms with E-state index in [9.17, 15) is 4.79 Å². The van der Waals surface area contributed by atoms with Crippen LogP contribution in [0, 0.1) is 20.8 Å². The van der Waals surface area contributed by atoms with Crippen molar-refractivity contribution in [3.05, 3.63) is 59.0 Å². The van der Waals surface area contributed by atoms with Gasteiger partial charge in [0.25, 0.3) is 5.91 Å². The standard InChI is InChI=1S/C17H16N2O2/c1-10-4-6-14(11(2)8-10)17(20)19-13-5-7-16-15(9-13)18-12(3)21-16/h4-9H,1-3H3,(H,19,20). The average Bonchev–Trinajstić information content (AvgIpc) is 2.77. The van der Waals surface area contributed by atoms with E-state index in [0.717, 1.165) is 22.2 Å². The minimum atomic E-state index is -0.118. The molecule has 1 heterocycles. The first-order valence-electron chi connectivity index (χ1n) is 6.79. The summed E-state index contributed by atoms with van der Waals surface area (Å²) in [5, 5.41) is 2.90. The van der Waals surface area contributed by atoms with Gasteiger partial charge in [0, 0.05) is 18.2 Å². The molecule has 0 saturated carbocycles. The first kappa shape index (κ1) is 13.4. The van der Waals surface area contributed by atoms with Crippen molar-refractivity contribution < 1.29 is 9.21 Å². The van der Waals surface area contributed by atoms with Crippen LogP contribution in [-0.4, -0.2) is 10.9 Å². The van der Waals surface area contributed by atoms with E-state index in [0.29, 0.717) is 17.1 Å². The second-order valence-electron chi connectivity index (χ2n) is 5.19. The van der Waals surface area contributed by atoms with Crippen molar-refractivity contribution in [3.63, 3.8) is 0 Å². The Morgan fingerprint density at radius 3 is 2.67 bits per heavy atom. The van der Waals surface area contributed by atoms with E-state index in [1.54, 1.807) is 6.92 Å². The highest BCUT2D eigenvalue weighted by Gasteiger charge is 2.10. The highest BCUT2D eigenvalue weighted by atomic mass is 16.3. The minimum absolute atomic E-state index is 0.118. The number of aryl methyl sites for hydroxylation is 3. The summed E-state index contributed by atoms with van der Waals surface area (Å²) in [5.41, 5.74) is 4.95. The van der Waals surface area contributed by atoms with E-state index in [-0.39, 0.29) is 5.91 Å². The molecule has 0 saturated heterocycles. The lowest BCUT2D eigenvalue weighted by atomic mass is 10.1. The van der Waals surface area contributed by atoms with Crippen LogP contribution in [0.4, 0.5) is 5.69 Å². The zero-order valence-electron chi connectivity index (χ0n) is 12.2. The van der Waals surface area contributed by atoms with Crippen LogP contribution in [0.25, 0.3) is 11.1 Å². The number of carbonyl (C=O) groups is 1. The maximum Gasteiger partial charge on any atom is 0.255 e. The molecular formula is C17H16N2O2. The molecule has 1 aromatic heterocycles. The van der Waals surface area contributed by atoms with Crippen molar-refractivity contribution in [1.82, 2.24) is 4.98 Å². The van der Waals surface area contributed by atoms with Crippen LogP contribution in [0.1, 0.15) is 27.4 Å². The quantitative estimate of drug-likeness (QED) is 0.771. The van der Waals surface area contributed by atoms with Crippen LogP contribution in [0.3, 0.4) is 0 Å². The van der Waals surface area contributed by atoms with Gasteiger partial charge in [0.1, 0.15) is 5.52 Å². The maximum atomic E-state index is 12.3. The Morgan fingerprint density at radius 1 is 1.10 bits per heavy atom. The number of nitrogens with zero attached hydrogens (tertiary/aromatic N) is 1. The molecule has 0 spiro atoms. The van der Waals surface area contributed by atoms with Gasteiger partial charge in [0.05, 0.1) is 0 Å². The molecule has 0 radical (unpaired) electrons. The second kappa shape index (κ2) is 5.05. The van der Waals surface area contributed by atoms with Gasteiger partial charge in [-0.25, -0.2) is 4.98 Å². The third-order valence-corrected chi connectivity index (χ3v) is 3.38. The van der Waals surface area contributed by atoms with E-state index in [1.807, 2.05) is 50.2 Å². The highest BCUT2D eigenvalue weighted by Crippen LogP contribution is 2.20. The smallest absolute Gasteiger partial charge is 0.255 e. The molecule has 3 aromatic rings. The molecule has 4 nitrogen and oxygen atoms in total. The van der Waals surface area contributed by atoms with Crippen LogP contribution in [0.5, 0.6) is 0 Å². The molecule has 0 aliphatic rings. The Balaban J connectivity index is 1.88. The Labute approximate surface area is 122 Å². The van der Waals surface area contributed by atoms with Gasteiger partial charge in [-0.05, 0) is 43.7 Å². The molecule has 3 rings (SSSR count). The monoisotopic (exact) mass is 280 g/mol. The van der Waals surface area contributed by atoms with Crippen molar-refractivity contribution in [2.75, 3.05) is 5.32 Å². The number of benzene rings is 2. The largest absolute Gasteiger partial charge is 0.441 e. The minimum Gasteiger partial charge on any atom is -0.441 e. The number of aromatic nitrogens is 1. The number of nitrogens with one attached hydrogen (secondary N) is 1. The number of rotatable bonds is 2. The van der Waals surface area contributed by atoms with E-state index >= 15 is 0 Å². The fourth-order valence-electron chi connectivity index (χ4n) is 2.39. The van der Waals surface area contributed by atoms with Crippen molar-refractivity contribution in [2.24, 2.45) is 0 Å². The Kier molecular flexibility index (Phi) is 3.22. The number of hydrogen-bond acceptors (Lipinski definition) is 3. The summed E-state index contributed by atoms with van der Waals surface area (Å²) in [4.78, 5) is 16.6. The summed E-state index contributed by atoms with van der Waals surface area (Å²) < 4.78 is 5.42. The number of amides is 1. The number of carbonyl (C=O) groups excluding carboxylic acids is 1. The lowest BCUT2D eigenvalue weighted by Gasteiger charge is -2.08. The maximum absolute atomic E-state index is 12.3. The number of hydrogen-bond donors (Lipinski definition) is 1. The van der Waals surface area contributed by atoms with Gasteiger partial charge in [-0.2, -0.15) is 0 Å². The lowest BCUT2D eigenvalue weighted by Crippen LogP contribution is -2.13. The zero-order chi connectivity index (χ0) is 15.0. The van der Waals surface area contributed by atoms with Gasteiger partial charge < -0.3 is 9.73 Å². The molecule has 21 heavy (non-hydrogen) atoms. The fourth-order valence-corrected chi connectivity index (χ4v) is 2.39. The fraction of sp³-hybridized carbons (Fsp3) is 0.176. The Bertz CT molecular complexity index is 834. The van der Waals surface area contributed by atoms with Gasteiger partial charge >= 0.3 is 0 Å². The van der Waals surface area contributed by atoms with Crippen LogP contribution in [-0.2, 0) is 0 Å². The van der Waals surface area contributed by atoms with Crippen LogP contribution < -0.4 is 5.32 Å². The van der Waals surface area contributed by atoms with Crippen LogP contribution in [0.15, 0.2) is 40.8 Å². The summed E-state index contributed by atoms with van der Waals surface area (Å²) >= 11 is 0. The molecule has 1 N–H and O–H groups in total. The van der Waals surface area contributed by atoms with Crippen molar-refractivity contribution in [2.45, 2.75) is 20.8 Å². The first-order valence-corrected chi connectivity index (χ1v) is 6.79. The zero-order valence-corrected chi connectivity index (χ0v) is 12.2. The van der Waals surface area contributed by atoms with E-state index in [1.165, 1.54) is 0 Å². The van der Waals surface area contributed by atoms with Crippen molar-refractivity contribution >= 4 is 22.7 Å². The highest BCUT2D eigenvalue weighted by molar-refractivity contribution is 6.05. The molecule has 0 aliphatic heterocycles. The summed E-state index contributed by atoms with van der Waals surface area (Å²) in [6, 6.07) is 11.2. The van der Waals surface area contributed by atoms with Crippen LogP contribution in [0.2, 0.25) is 0 Å². The molecule has 2 aromatic carbocycles. The Hall–Kier alpha value is -2.62. The molecule has 106 valence electrons. The number of anilines is 1. The Morgan fingerprint density at radius 2 is 1.90 bits per heavy atom. The number of fused-ring (bicyclic) bond motifs is 1. The third kappa shape index (κ3) is 2.65. The van der Waals surface area contributed by atoms with Gasteiger partial charge in [0.15, 0.2) is 11.5 Å². The molecule has 0 bridgehead atoms. The van der Waals surface area contributed by atoms with Crippen molar-refractivity contribution in [1.29, 1.82) is 0 Å². The topological polar surface area (TPSA) is 55.1 Å². The van der Waals surface area contributed by atoms with E-state index in [4.69, 9.17) is 4.42 Å². The van der Waals surface area contributed by atoms with Gasteiger partial charge in [-0.15, -0.1) is 0 Å². The van der Waals surface area contributed by atoms with Crippen molar-refractivity contribution in [3.8, 4) is 0 Å². The first-order chi connectivity index (χ1) is 10.0. The molecule has 0 unspecified atom stereocenters. The predicted octanol–water partition coefficient (Wildman–Crippen LogP) is 4.01. The van der Waals surface area contributed by atoms with E-state index in [2.05, 4.69) is 10.3 Å². The van der Waals surface area contributed by atoms with Gasteiger partial charge in [-0.3, -0.25) is 4.79 Å². The average molecular weight is 280 g/mol. The molecule has 0 atom stereocenters. The molecule has 0 aliphatic carbocycles. The number of oxazole rings is 1. The summed E-state index contributed by atoms with van der Waals surface area (Å²) in [6.45, 7) is 5.75. The van der Waals surface area contributed by atoms with Gasteiger partial charge in [-0.1, -0.05) is 17.7 Å². The lowest BCUT2D eigenvalue weighted by molar-refractivity contribution is 0.102. The molecule has 4 heteroatoms. The molecule has 0 fully saturated rings. The SMILES string of the molecule is Cc1ccc(C(=O)Nc2ccc3oc(C)nc3c2)c(C)c1. The summed E-state index contributed by atoms with van der Waals surface area (Å²) in [7, 11) is 0. The summed E-state index contributed by atoms with van der Waals surface area (Å²) in [5.74, 6) is 0.495. The van der Waals surface area contributed by atoms with E-state index < -0.39 is 0 Å². The van der Waals surface area contributed by atoms with Crippen LogP contribution >= 0.6 is 0 Å². The third-order valence-electron chi connectivity index (χ3n) is 3.38. The predicted molar refractivity (Wildman–Crippen MR) is 82.6 cm³/mol. The summed E-state index contributed by atoms with van der Waals surface area (Å²) in [6.07, 6.45) is 0. The normalized spacial score (nSPS) is 10.8. The second-order valence-corrected chi connectivity index (χ2v) is 5.19.